The van der Waals surface area contributed by atoms with Crippen LogP contribution in [0.5, 0.6) is 23.0 Å². The molecule has 288 valence electrons. The summed E-state index contributed by atoms with van der Waals surface area (Å²) in [5, 5.41) is 44.7. The van der Waals surface area contributed by atoms with Crippen molar-refractivity contribution in [3.8, 4) is 67.5 Å². The maximum Gasteiger partial charge on any atom is 0.200 e. The number of rotatable bonds is 7. The maximum absolute atomic E-state index is 10.9. The van der Waals surface area contributed by atoms with Gasteiger partial charge >= 0.3 is 0 Å². The van der Waals surface area contributed by atoms with Gasteiger partial charge in [0.15, 0.2) is 11.5 Å². The number of anilines is 5. The third-order valence-electron chi connectivity index (χ3n) is 11.7. The minimum atomic E-state index is -0.673. The number of nitrogens with zero attached hydrogens (tertiary/aromatic N) is 2. The molecule has 4 N–H and O–H groups in total. The molecule has 0 unspecified atom stereocenters. The molecule has 7 heteroatoms. The van der Waals surface area contributed by atoms with E-state index in [0.29, 0.717) is 5.56 Å². The second-order valence-corrected chi connectivity index (χ2v) is 15.2. The van der Waals surface area contributed by atoms with Gasteiger partial charge in [0.25, 0.3) is 0 Å². The van der Waals surface area contributed by atoms with Crippen LogP contribution >= 0.6 is 0 Å². The van der Waals surface area contributed by atoms with Gasteiger partial charge in [-0.2, -0.15) is 0 Å². The Morgan fingerprint density at radius 3 is 1.57 bits per heavy atom. The monoisotopic (exact) mass is 778 g/mol. The van der Waals surface area contributed by atoms with E-state index in [1.807, 2.05) is 12.1 Å². The molecule has 60 heavy (non-hydrogen) atoms. The maximum atomic E-state index is 10.9. The summed E-state index contributed by atoms with van der Waals surface area (Å²) in [5.41, 5.74) is 13.9. The number of para-hydroxylation sites is 2. The van der Waals surface area contributed by atoms with Crippen LogP contribution in [0.4, 0.5) is 28.4 Å². The van der Waals surface area contributed by atoms with E-state index in [4.69, 9.17) is 0 Å². The van der Waals surface area contributed by atoms with E-state index in [1.165, 1.54) is 41.0 Å². The van der Waals surface area contributed by atoms with Crippen molar-refractivity contribution in [3.63, 3.8) is 0 Å². The topological polar surface area (TPSA) is 87.4 Å². The van der Waals surface area contributed by atoms with Crippen LogP contribution in [-0.2, 0) is 6.54 Å². The quantitative estimate of drug-likeness (QED) is 0.0732. The van der Waals surface area contributed by atoms with E-state index in [0.717, 1.165) is 51.5 Å². The molecule has 0 fully saturated rings. The first-order chi connectivity index (χ1) is 29.3. The van der Waals surface area contributed by atoms with Crippen LogP contribution in [0.15, 0.2) is 188 Å². The summed E-state index contributed by atoms with van der Waals surface area (Å²) < 4.78 is 0. The van der Waals surface area contributed by atoms with Gasteiger partial charge in [0.1, 0.15) is 13.6 Å². The lowest BCUT2D eigenvalue weighted by molar-refractivity contribution is 0.365. The summed E-state index contributed by atoms with van der Waals surface area (Å²) in [6, 6.07) is 65.2. The highest BCUT2D eigenvalue weighted by atomic mass is 16.3. The van der Waals surface area contributed by atoms with E-state index in [9.17, 15) is 20.4 Å². The molecule has 0 radical (unpaired) electrons. The first-order valence-electron chi connectivity index (χ1n) is 19.9. The molecule has 1 aliphatic heterocycles. The molecule has 1 aliphatic rings. The summed E-state index contributed by atoms with van der Waals surface area (Å²) in [7, 11) is 1.48. The molecule has 9 aromatic carbocycles. The Morgan fingerprint density at radius 2 is 0.900 bits per heavy atom. The normalized spacial score (nSPS) is 11.9. The minimum Gasteiger partial charge on any atom is -0.508 e. The molecule has 1 heterocycles. The van der Waals surface area contributed by atoms with Crippen LogP contribution in [-0.4, -0.2) is 28.3 Å². The van der Waals surface area contributed by atoms with Gasteiger partial charge < -0.3 is 30.2 Å². The average molecular weight is 779 g/mol. The Balaban J connectivity index is 1.04. The predicted molar refractivity (Wildman–Crippen MR) is 247 cm³/mol. The number of phenolic OH excluding ortho intramolecular Hbond substituents is 4. The van der Waals surface area contributed by atoms with Crippen molar-refractivity contribution in [3.05, 3.63) is 194 Å². The minimum absolute atomic E-state index is 0.0449. The van der Waals surface area contributed by atoms with Crippen molar-refractivity contribution in [1.29, 1.82) is 0 Å². The summed E-state index contributed by atoms with van der Waals surface area (Å²) in [6.45, 7) is 0.764. The Bertz CT molecular complexity index is 3040. The van der Waals surface area contributed by atoms with Crippen LogP contribution in [0.2, 0.25) is 0 Å². The molecule has 0 aliphatic carbocycles. The SMILES string of the molecule is Bc1c(O)c(O)c(O)c(-c2ccc(N(c3ccc(-c4ccc5ccccc5c4)cc3)c3ccc(-c4ccccc4N4Cc5ccccc5-c5ccccc54)cc3)cc2)c1O. The smallest absolute Gasteiger partial charge is 0.200 e. The van der Waals surface area contributed by atoms with E-state index < -0.39 is 17.2 Å². The fraction of sp³-hybridized carbons (Fsp3) is 0.0189. The number of hydrogen-bond acceptors (Lipinski definition) is 6. The summed E-state index contributed by atoms with van der Waals surface area (Å²) in [5.74, 6) is -2.11. The highest BCUT2D eigenvalue weighted by Crippen LogP contribution is 2.48. The summed E-state index contributed by atoms with van der Waals surface area (Å²) in [4.78, 5) is 4.58. The second-order valence-electron chi connectivity index (χ2n) is 15.2. The molecule has 0 saturated heterocycles. The molecule has 9 aromatic rings. The fourth-order valence-electron chi connectivity index (χ4n) is 8.56. The number of aromatic hydroxyl groups is 4. The Morgan fingerprint density at radius 1 is 0.400 bits per heavy atom. The number of phenols is 4. The van der Waals surface area contributed by atoms with E-state index in [2.05, 4.69) is 174 Å². The van der Waals surface area contributed by atoms with Gasteiger partial charge in [-0.15, -0.1) is 0 Å². The largest absolute Gasteiger partial charge is 0.508 e. The van der Waals surface area contributed by atoms with Gasteiger partial charge in [-0.25, -0.2) is 0 Å². The van der Waals surface area contributed by atoms with Gasteiger partial charge in [-0.05, 0) is 104 Å². The lowest BCUT2D eigenvalue weighted by atomic mass is 9.88. The second kappa shape index (κ2) is 14.8. The third kappa shape index (κ3) is 6.24. The van der Waals surface area contributed by atoms with Crippen LogP contribution in [0.1, 0.15) is 5.56 Å². The first-order valence-corrected chi connectivity index (χ1v) is 19.9. The summed E-state index contributed by atoms with van der Waals surface area (Å²) in [6.07, 6.45) is 0. The number of hydrogen-bond donors (Lipinski definition) is 4. The predicted octanol–water partition coefficient (Wildman–Crippen LogP) is 11.7. The van der Waals surface area contributed by atoms with Crippen LogP contribution in [0.25, 0.3) is 55.3 Å². The number of fused-ring (bicyclic) bond motifs is 4. The zero-order valence-electron chi connectivity index (χ0n) is 32.8. The van der Waals surface area contributed by atoms with Crippen LogP contribution in [0.3, 0.4) is 0 Å². The highest BCUT2D eigenvalue weighted by Gasteiger charge is 2.25. The lowest BCUT2D eigenvalue weighted by Gasteiger charge is -2.34. The van der Waals surface area contributed by atoms with Gasteiger partial charge in [0.2, 0.25) is 5.75 Å². The Kier molecular flexibility index (Phi) is 8.99. The van der Waals surface area contributed by atoms with Gasteiger partial charge in [-0.3, -0.25) is 0 Å². The van der Waals surface area contributed by atoms with Crippen molar-refractivity contribution in [1.82, 2.24) is 0 Å². The van der Waals surface area contributed by atoms with Crippen LogP contribution in [0, 0.1) is 0 Å². The summed E-state index contributed by atoms with van der Waals surface area (Å²) >= 11 is 0. The van der Waals surface area contributed by atoms with Crippen molar-refractivity contribution in [2.45, 2.75) is 6.54 Å². The third-order valence-corrected chi connectivity index (χ3v) is 11.7. The van der Waals surface area contributed by atoms with Crippen molar-refractivity contribution >= 4 is 52.5 Å². The molecule has 0 amide bonds. The molecule has 6 nitrogen and oxygen atoms in total. The van der Waals surface area contributed by atoms with Crippen molar-refractivity contribution in [2.75, 3.05) is 9.80 Å². The van der Waals surface area contributed by atoms with Gasteiger partial charge in [0.05, 0.1) is 5.56 Å². The molecule has 0 atom stereocenters. The highest BCUT2D eigenvalue weighted by molar-refractivity contribution is 6.37. The molecular formula is C53H39BN2O4. The lowest BCUT2D eigenvalue weighted by Crippen LogP contribution is -2.22. The Labute approximate surface area is 349 Å². The fourth-order valence-corrected chi connectivity index (χ4v) is 8.56. The number of benzene rings is 9. The standard InChI is InChI=1S/C53H39BN2O4/c54-49-50(57)48(51(58)53(60)52(49)59)36-23-29-42(30-24-36)56(40-25-19-34(20-26-40)38-18-17-33-9-1-2-10-37(33)31-38)41-27-21-35(22-28-41)44-13-5-7-15-46(44)55-32-39-11-3-4-12-43(39)45-14-6-8-16-47(45)55/h1-31,57-60H,32,54H2. The Hall–Kier alpha value is -7.90. The molecule has 0 spiro atoms. The molecule has 0 saturated carbocycles. The van der Waals surface area contributed by atoms with E-state index >= 15 is 0 Å². The molecule has 10 rings (SSSR count). The molecular weight excluding hydrogens is 739 g/mol. The van der Waals surface area contributed by atoms with Crippen molar-refractivity contribution in [2.24, 2.45) is 0 Å². The van der Waals surface area contributed by atoms with Gasteiger partial charge in [-0.1, -0.05) is 133 Å². The van der Waals surface area contributed by atoms with E-state index in [1.54, 1.807) is 12.1 Å². The van der Waals surface area contributed by atoms with Crippen molar-refractivity contribution < 1.29 is 20.4 Å². The van der Waals surface area contributed by atoms with Gasteiger partial charge in [0, 0.05) is 46.1 Å². The van der Waals surface area contributed by atoms with Crippen LogP contribution < -0.4 is 15.3 Å². The van der Waals surface area contributed by atoms with E-state index in [-0.39, 0.29) is 16.8 Å². The average Bonchev–Trinajstić information content (AvgIpc) is 3.31. The molecule has 0 aromatic heterocycles. The molecule has 0 bridgehead atoms. The zero-order chi connectivity index (χ0) is 40.9. The first kappa shape index (κ1) is 36.4. The zero-order valence-corrected chi connectivity index (χ0v) is 32.8.